The lowest BCUT2D eigenvalue weighted by Gasteiger charge is -2.36. The molecule has 2 atom stereocenters. The van der Waals surface area contributed by atoms with Crippen molar-refractivity contribution in [2.45, 2.75) is 71.5 Å². The van der Waals surface area contributed by atoms with E-state index >= 15 is 0 Å². The van der Waals surface area contributed by atoms with Gasteiger partial charge in [0.1, 0.15) is 12.1 Å². The SMILES string of the molecule is CC(C)C[C@H](NC(=O)N(CCO)C(C)(C)C)C(=O)N[C@H](Cc1c[nH]c2ccccc12)C(=O)NCCC(=O)O. The first-order chi connectivity index (χ1) is 17.8. The highest BCUT2D eigenvalue weighted by molar-refractivity contribution is 5.93. The number of carbonyl (C=O) groups is 4. The van der Waals surface area contributed by atoms with Gasteiger partial charge < -0.3 is 36.0 Å². The number of carbonyl (C=O) groups excluding carboxylic acids is 3. The largest absolute Gasteiger partial charge is 0.481 e. The molecule has 0 saturated heterocycles. The molecule has 0 aliphatic carbocycles. The average Bonchev–Trinajstić information content (AvgIpc) is 3.23. The molecule has 2 rings (SSSR count). The van der Waals surface area contributed by atoms with E-state index in [1.807, 2.05) is 58.9 Å². The Morgan fingerprint density at radius 3 is 2.32 bits per heavy atom. The number of β-amino-alcohol motifs (C(OH)–C–C–N with tert-alkyl or cyclic N) is 1. The van der Waals surface area contributed by atoms with Crippen molar-refractivity contribution >= 4 is 34.7 Å². The summed E-state index contributed by atoms with van der Waals surface area (Å²) in [6.45, 7) is 9.13. The van der Waals surface area contributed by atoms with Crippen LogP contribution < -0.4 is 16.0 Å². The zero-order chi connectivity index (χ0) is 28.5. The van der Waals surface area contributed by atoms with Crippen molar-refractivity contribution < 1.29 is 29.4 Å². The lowest BCUT2D eigenvalue weighted by atomic mass is 10.0. The molecule has 1 aromatic heterocycles. The molecule has 0 unspecified atom stereocenters. The fourth-order valence-electron chi connectivity index (χ4n) is 4.19. The second-order valence-corrected chi connectivity index (χ2v) is 10.7. The summed E-state index contributed by atoms with van der Waals surface area (Å²) < 4.78 is 0. The first-order valence-corrected chi connectivity index (χ1v) is 12.9. The molecule has 0 saturated carbocycles. The first-order valence-electron chi connectivity index (χ1n) is 12.9. The zero-order valence-corrected chi connectivity index (χ0v) is 22.8. The van der Waals surface area contributed by atoms with E-state index in [9.17, 15) is 24.3 Å². The van der Waals surface area contributed by atoms with Crippen molar-refractivity contribution in [1.82, 2.24) is 25.8 Å². The summed E-state index contributed by atoms with van der Waals surface area (Å²) in [6, 6.07) is 5.15. The summed E-state index contributed by atoms with van der Waals surface area (Å²) in [5.41, 5.74) is 1.11. The number of fused-ring (bicyclic) bond motifs is 1. The van der Waals surface area contributed by atoms with Crippen molar-refractivity contribution in [1.29, 1.82) is 0 Å². The molecule has 38 heavy (non-hydrogen) atoms. The molecule has 1 heterocycles. The Kier molecular flexibility index (Phi) is 11.1. The maximum atomic E-state index is 13.5. The van der Waals surface area contributed by atoms with Gasteiger partial charge in [0.05, 0.1) is 13.0 Å². The number of aliphatic hydroxyl groups excluding tert-OH is 1. The molecule has 1 aromatic carbocycles. The smallest absolute Gasteiger partial charge is 0.318 e. The lowest BCUT2D eigenvalue weighted by Crippen LogP contribution is -2.59. The molecule has 4 amide bonds. The Bertz CT molecular complexity index is 1110. The molecule has 0 fully saturated rings. The second kappa shape index (κ2) is 13.8. The highest BCUT2D eigenvalue weighted by Gasteiger charge is 2.32. The zero-order valence-electron chi connectivity index (χ0n) is 22.8. The van der Waals surface area contributed by atoms with Crippen LogP contribution in [0.25, 0.3) is 10.9 Å². The maximum Gasteiger partial charge on any atom is 0.318 e. The minimum absolute atomic E-state index is 0.0587. The number of aliphatic carboxylic acids is 1. The van der Waals surface area contributed by atoms with Gasteiger partial charge >= 0.3 is 12.0 Å². The van der Waals surface area contributed by atoms with E-state index in [0.29, 0.717) is 6.42 Å². The van der Waals surface area contributed by atoms with Gasteiger partial charge in [-0.2, -0.15) is 0 Å². The van der Waals surface area contributed by atoms with Gasteiger partial charge in [-0.25, -0.2) is 4.79 Å². The van der Waals surface area contributed by atoms with Gasteiger partial charge in [0, 0.05) is 42.1 Å². The van der Waals surface area contributed by atoms with Crippen molar-refractivity contribution in [3.8, 4) is 0 Å². The van der Waals surface area contributed by atoms with E-state index in [-0.39, 0.29) is 38.5 Å². The number of nitrogens with zero attached hydrogens (tertiary/aromatic N) is 1. The minimum Gasteiger partial charge on any atom is -0.481 e. The number of urea groups is 1. The third-order valence-corrected chi connectivity index (χ3v) is 6.07. The Morgan fingerprint density at radius 1 is 1.03 bits per heavy atom. The monoisotopic (exact) mass is 531 g/mol. The topological polar surface area (TPSA) is 164 Å². The minimum atomic E-state index is -1.05. The number of hydrogen-bond donors (Lipinski definition) is 6. The van der Waals surface area contributed by atoms with Crippen LogP contribution in [0.15, 0.2) is 30.5 Å². The van der Waals surface area contributed by atoms with Crippen LogP contribution in [0.5, 0.6) is 0 Å². The quantitative estimate of drug-likeness (QED) is 0.231. The van der Waals surface area contributed by atoms with Gasteiger partial charge in [0.25, 0.3) is 0 Å². The van der Waals surface area contributed by atoms with Crippen LogP contribution in [0.4, 0.5) is 4.79 Å². The third kappa shape index (κ3) is 9.05. The van der Waals surface area contributed by atoms with E-state index in [4.69, 9.17) is 5.11 Å². The number of nitrogens with one attached hydrogen (secondary N) is 4. The molecule has 0 spiro atoms. The number of carboxylic acids is 1. The molecule has 0 aliphatic rings. The van der Waals surface area contributed by atoms with E-state index in [0.717, 1.165) is 16.5 Å². The van der Waals surface area contributed by atoms with Crippen LogP contribution in [0.2, 0.25) is 0 Å². The summed E-state index contributed by atoms with van der Waals surface area (Å²) in [4.78, 5) is 55.1. The predicted molar refractivity (Wildman–Crippen MR) is 145 cm³/mol. The van der Waals surface area contributed by atoms with Gasteiger partial charge in [0.2, 0.25) is 11.8 Å². The lowest BCUT2D eigenvalue weighted by molar-refractivity contribution is -0.137. The molecule has 2 aromatic rings. The van der Waals surface area contributed by atoms with Crippen molar-refractivity contribution in [3.63, 3.8) is 0 Å². The molecule has 0 aliphatic heterocycles. The number of para-hydroxylation sites is 1. The Labute approximate surface area is 223 Å². The van der Waals surface area contributed by atoms with Crippen LogP contribution >= 0.6 is 0 Å². The molecule has 210 valence electrons. The number of carboxylic acid groups (broad SMARTS) is 1. The summed E-state index contributed by atoms with van der Waals surface area (Å²) in [5, 5.41) is 27.4. The number of H-pyrrole nitrogens is 1. The number of amides is 4. The summed E-state index contributed by atoms with van der Waals surface area (Å²) >= 11 is 0. The van der Waals surface area contributed by atoms with E-state index in [1.54, 1.807) is 6.20 Å². The van der Waals surface area contributed by atoms with Gasteiger partial charge in [-0.15, -0.1) is 0 Å². The number of rotatable bonds is 13. The first kappa shape index (κ1) is 30.6. The van der Waals surface area contributed by atoms with E-state index in [1.165, 1.54) is 4.90 Å². The average molecular weight is 532 g/mol. The van der Waals surface area contributed by atoms with E-state index in [2.05, 4.69) is 20.9 Å². The van der Waals surface area contributed by atoms with Crippen LogP contribution in [0.3, 0.4) is 0 Å². The molecular formula is C27H41N5O6. The highest BCUT2D eigenvalue weighted by Crippen LogP contribution is 2.20. The molecular weight excluding hydrogens is 490 g/mol. The van der Waals surface area contributed by atoms with Gasteiger partial charge in [-0.1, -0.05) is 32.0 Å². The molecule has 11 nitrogen and oxygen atoms in total. The second-order valence-electron chi connectivity index (χ2n) is 10.7. The molecule has 11 heteroatoms. The maximum absolute atomic E-state index is 13.5. The Hall–Kier alpha value is -3.60. The predicted octanol–water partition coefficient (Wildman–Crippen LogP) is 2.00. The van der Waals surface area contributed by atoms with Crippen LogP contribution in [-0.4, -0.2) is 81.2 Å². The third-order valence-electron chi connectivity index (χ3n) is 6.07. The van der Waals surface area contributed by atoms with Crippen molar-refractivity contribution in [3.05, 3.63) is 36.0 Å². The molecule has 0 bridgehead atoms. The highest BCUT2D eigenvalue weighted by atomic mass is 16.4. The number of aromatic amines is 1. The molecule has 6 N–H and O–H groups in total. The summed E-state index contributed by atoms with van der Waals surface area (Å²) in [7, 11) is 0. The number of benzene rings is 1. The van der Waals surface area contributed by atoms with Crippen LogP contribution in [0, 0.1) is 5.92 Å². The van der Waals surface area contributed by atoms with Crippen LogP contribution in [-0.2, 0) is 20.8 Å². The Morgan fingerprint density at radius 2 is 1.71 bits per heavy atom. The summed E-state index contributed by atoms with van der Waals surface area (Å²) in [6.07, 6.45) is 2.02. The van der Waals surface area contributed by atoms with Gasteiger partial charge in [-0.3, -0.25) is 14.4 Å². The number of hydrogen-bond acceptors (Lipinski definition) is 5. The fourth-order valence-corrected chi connectivity index (χ4v) is 4.19. The summed E-state index contributed by atoms with van der Waals surface area (Å²) in [5.74, 6) is -2.03. The molecule has 0 radical (unpaired) electrons. The fraction of sp³-hybridized carbons (Fsp3) is 0.556. The van der Waals surface area contributed by atoms with Gasteiger partial charge in [-0.05, 0) is 44.7 Å². The number of aromatic nitrogens is 1. The Balaban J connectivity index is 2.27. The standard InChI is InChI=1S/C27H41N5O6/c1-17(2)14-21(31-26(38)32(12-13-33)27(3,4)5)25(37)30-22(24(36)28-11-10-23(34)35)15-18-16-29-20-9-7-6-8-19(18)20/h6-9,16-17,21-22,29,33H,10-15H2,1-5H3,(H,28,36)(H,30,37)(H,31,38)(H,34,35)/t21-,22+/m0/s1. The van der Waals surface area contributed by atoms with E-state index < -0.39 is 41.4 Å². The van der Waals surface area contributed by atoms with Crippen LogP contribution in [0.1, 0.15) is 53.0 Å². The van der Waals surface area contributed by atoms with Crippen molar-refractivity contribution in [2.75, 3.05) is 19.7 Å². The number of aliphatic hydroxyl groups is 1. The van der Waals surface area contributed by atoms with Crippen molar-refractivity contribution in [2.24, 2.45) is 5.92 Å². The normalized spacial score (nSPS) is 13.1. The van der Waals surface area contributed by atoms with Gasteiger partial charge in [0.15, 0.2) is 0 Å².